The molecule has 0 radical (unpaired) electrons. The average Bonchev–Trinajstić information content (AvgIpc) is 2.42. The summed E-state index contributed by atoms with van der Waals surface area (Å²) in [6, 6.07) is 0.416. The van der Waals surface area contributed by atoms with Crippen molar-refractivity contribution in [3.8, 4) is 0 Å². The lowest BCUT2D eigenvalue weighted by atomic mass is 9.73. The minimum atomic E-state index is -0.0990. The van der Waals surface area contributed by atoms with Crippen LogP contribution in [0.2, 0.25) is 0 Å². The van der Waals surface area contributed by atoms with Gasteiger partial charge in [0.15, 0.2) is 0 Å². The lowest BCUT2D eigenvalue weighted by molar-refractivity contribution is -0.134. The van der Waals surface area contributed by atoms with E-state index in [2.05, 4.69) is 31.4 Å². The molecule has 1 saturated heterocycles. The molecule has 1 heterocycles. The number of amides is 1. The van der Waals surface area contributed by atoms with Crippen LogP contribution < -0.4 is 10.6 Å². The predicted octanol–water partition coefficient (Wildman–Crippen LogP) is 2.85. The average molecular weight is 266 g/mol. The first kappa shape index (κ1) is 14.8. The first-order valence-electron chi connectivity index (χ1n) is 7.99. The van der Waals surface area contributed by atoms with E-state index in [9.17, 15) is 4.79 Å². The van der Waals surface area contributed by atoms with Crippen LogP contribution in [0.4, 0.5) is 0 Å². The second-order valence-corrected chi connectivity index (χ2v) is 7.30. The topological polar surface area (TPSA) is 41.1 Å². The standard InChI is InChI=1S/C16H30N2O/c1-4-16(9-11-17-12-10-16)14(19)18-13-5-7-15(2,3)8-6-13/h13,17H,4-12H2,1-3H3,(H,18,19). The quantitative estimate of drug-likeness (QED) is 0.824. The summed E-state index contributed by atoms with van der Waals surface area (Å²) in [5.41, 5.74) is 0.372. The highest BCUT2D eigenvalue weighted by molar-refractivity contribution is 5.83. The van der Waals surface area contributed by atoms with Gasteiger partial charge in [0, 0.05) is 6.04 Å². The van der Waals surface area contributed by atoms with E-state index in [1.54, 1.807) is 0 Å². The highest BCUT2D eigenvalue weighted by Crippen LogP contribution is 2.37. The molecular weight excluding hydrogens is 236 g/mol. The molecule has 0 aromatic heterocycles. The van der Waals surface area contributed by atoms with Gasteiger partial charge >= 0.3 is 0 Å². The number of piperidine rings is 1. The van der Waals surface area contributed by atoms with Crippen molar-refractivity contribution in [2.75, 3.05) is 13.1 Å². The van der Waals surface area contributed by atoms with Crippen molar-refractivity contribution in [2.24, 2.45) is 10.8 Å². The number of nitrogens with one attached hydrogen (secondary N) is 2. The van der Waals surface area contributed by atoms with Crippen molar-refractivity contribution in [1.29, 1.82) is 0 Å². The summed E-state index contributed by atoms with van der Waals surface area (Å²) in [7, 11) is 0. The fraction of sp³-hybridized carbons (Fsp3) is 0.938. The minimum absolute atomic E-state index is 0.0990. The molecule has 0 aromatic rings. The fourth-order valence-corrected chi connectivity index (χ4v) is 3.53. The third kappa shape index (κ3) is 3.50. The van der Waals surface area contributed by atoms with Gasteiger partial charge < -0.3 is 10.6 Å². The number of carbonyl (C=O) groups is 1. The molecule has 3 nitrogen and oxygen atoms in total. The molecule has 2 fully saturated rings. The van der Waals surface area contributed by atoms with E-state index in [0.717, 1.165) is 45.2 Å². The zero-order valence-electron chi connectivity index (χ0n) is 12.8. The van der Waals surface area contributed by atoms with Gasteiger partial charge in [-0.25, -0.2) is 0 Å². The molecule has 0 bridgehead atoms. The maximum absolute atomic E-state index is 12.6. The monoisotopic (exact) mass is 266 g/mol. The summed E-state index contributed by atoms with van der Waals surface area (Å²) in [6.07, 6.45) is 7.73. The summed E-state index contributed by atoms with van der Waals surface area (Å²) in [5.74, 6) is 0.321. The zero-order valence-corrected chi connectivity index (χ0v) is 12.8. The second-order valence-electron chi connectivity index (χ2n) is 7.30. The van der Waals surface area contributed by atoms with Gasteiger partial charge in [-0.2, -0.15) is 0 Å². The van der Waals surface area contributed by atoms with E-state index >= 15 is 0 Å². The van der Waals surface area contributed by atoms with E-state index in [4.69, 9.17) is 0 Å². The van der Waals surface area contributed by atoms with Crippen LogP contribution in [-0.2, 0) is 4.79 Å². The van der Waals surface area contributed by atoms with Crippen molar-refractivity contribution in [2.45, 2.75) is 71.8 Å². The first-order chi connectivity index (χ1) is 8.97. The molecule has 2 rings (SSSR count). The van der Waals surface area contributed by atoms with Crippen molar-refractivity contribution in [1.82, 2.24) is 10.6 Å². The highest BCUT2D eigenvalue weighted by atomic mass is 16.2. The molecule has 3 heteroatoms. The van der Waals surface area contributed by atoms with E-state index in [1.165, 1.54) is 12.8 Å². The van der Waals surface area contributed by atoms with E-state index in [1.807, 2.05) is 0 Å². The van der Waals surface area contributed by atoms with Crippen molar-refractivity contribution in [3.05, 3.63) is 0 Å². The Morgan fingerprint density at radius 1 is 1.16 bits per heavy atom. The molecule has 1 aliphatic heterocycles. The van der Waals surface area contributed by atoms with Gasteiger partial charge in [-0.3, -0.25) is 4.79 Å². The Hall–Kier alpha value is -0.570. The molecule has 0 spiro atoms. The Bertz CT molecular complexity index is 309. The van der Waals surface area contributed by atoms with Crippen LogP contribution in [0.1, 0.15) is 65.7 Å². The largest absolute Gasteiger partial charge is 0.353 e. The van der Waals surface area contributed by atoms with Crippen LogP contribution in [0.5, 0.6) is 0 Å². The van der Waals surface area contributed by atoms with Crippen LogP contribution in [0, 0.1) is 10.8 Å². The fourth-order valence-electron chi connectivity index (χ4n) is 3.53. The van der Waals surface area contributed by atoms with Crippen LogP contribution in [0.25, 0.3) is 0 Å². The van der Waals surface area contributed by atoms with Gasteiger partial charge in [-0.05, 0) is 63.5 Å². The number of rotatable bonds is 3. The van der Waals surface area contributed by atoms with Crippen LogP contribution in [0.3, 0.4) is 0 Å². The Balaban J connectivity index is 1.89. The Morgan fingerprint density at radius 2 is 1.74 bits per heavy atom. The number of carbonyl (C=O) groups excluding carboxylic acids is 1. The van der Waals surface area contributed by atoms with E-state index in [-0.39, 0.29) is 5.41 Å². The van der Waals surface area contributed by atoms with E-state index in [0.29, 0.717) is 17.4 Å². The molecule has 2 aliphatic rings. The summed E-state index contributed by atoms with van der Waals surface area (Å²) in [5, 5.41) is 6.71. The predicted molar refractivity (Wildman–Crippen MR) is 79.0 cm³/mol. The SMILES string of the molecule is CCC1(C(=O)NC2CCC(C)(C)CC2)CCNCC1. The lowest BCUT2D eigenvalue weighted by Crippen LogP contribution is -2.51. The van der Waals surface area contributed by atoms with Crippen LogP contribution in [0.15, 0.2) is 0 Å². The normalized spacial score (nSPS) is 26.9. The molecule has 1 saturated carbocycles. The van der Waals surface area contributed by atoms with Gasteiger partial charge in [0.2, 0.25) is 5.91 Å². The molecule has 0 aromatic carbocycles. The minimum Gasteiger partial charge on any atom is -0.353 e. The molecule has 110 valence electrons. The Kier molecular flexibility index (Phi) is 4.54. The van der Waals surface area contributed by atoms with E-state index < -0.39 is 0 Å². The van der Waals surface area contributed by atoms with Crippen LogP contribution in [-0.4, -0.2) is 25.0 Å². The molecule has 0 atom stereocenters. The summed E-state index contributed by atoms with van der Waals surface area (Å²) < 4.78 is 0. The summed E-state index contributed by atoms with van der Waals surface area (Å²) in [6.45, 7) is 8.81. The lowest BCUT2D eigenvalue weighted by Gasteiger charge is -2.39. The molecular formula is C16H30N2O. The number of hydrogen-bond acceptors (Lipinski definition) is 2. The van der Waals surface area contributed by atoms with Crippen molar-refractivity contribution in [3.63, 3.8) is 0 Å². The van der Waals surface area contributed by atoms with Gasteiger partial charge in [0.25, 0.3) is 0 Å². The van der Waals surface area contributed by atoms with Gasteiger partial charge in [0.1, 0.15) is 0 Å². The van der Waals surface area contributed by atoms with Crippen molar-refractivity contribution < 1.29 is 4.79 Å². The van der Waals surface area contributed by atoms with Gasteiger partial charge in [0.05, 0.1) is 5.41 Å². The molecule has 19 heavy (non-hydrogen) atoms. The van der Waals surface area contributed by atoms with Crippen molar-refractivity contribution >= 4 is 5.91 Å². The Morgan fingerprint density at radius 3 is 2.26 bits per heavy atom. The zero-order chi connectivity index (χ0) is 13.9. The third-order valence-corrected chi connectivity index (χ3v) is 5.39. The molecule has 0 unspecified atom stereocenters. The second kappa shape index (κ2) is 5.82. The Labute approximate surface area is 117 Å². The van der Waals surface area contributed by atoms with Crippen LogP contribution >= 0.6 is 0 Å². The summed E-state index contributed by atoms with van der Waals surface area (Å²) in [4.78, 5) is 12.6. The highest BCUT2D eigenvalue weighted by Gasteiger charge is 2.39. The maximum atomic E-state index is 12.6. The van der Waals surface area contributed by atoms with Gasteiger partial charge in [-0.1, -0.05) is 20.8 Å². The smallest absolute Gasteiger partial charge is 0.226 e. The molecule has 1 amide bonds. The maximum Gasteiger partial charge on any atom is 0.226 e. The molecule has 1 aliphatic carbocycles. The van der Waals surface area contributed by atoms with Gasteiger partial charge in [-0.15, -0.1) is 0 Å². The number of hydrogen-bond donors (Lipinski definition) is 2. The third-order valence-electron chi connectivity index (χ3n) is 5.39. The summed E-state index contributed by atoms with van der Waals surface area (Å²) >= 11 is 0. The molecule has 2 N–H and O–H groups in total. The first-order valence-corrected chi connectivity index (χ1v) is 7.99.